The van der Waals surface area contributed by atoms with Crippen molar-refractivity contribution in [3.8, 4) is 0 Å². The van der Waals surface area contributed by atoms with Crippen molar-refractivity contribution in [1.82, 2.24) is 0 Å². The summed E-state index contributed by atoms with van der Waals surface area (Å²) in [6.07, 6.45) is 1.61. The molecular formula is C41H52O10. The number of carbonyl (C=O) groups excluding carboxylic acids is 6. The molecule has 4 aliphatic carbocycles. The first kappa shape index (κ1) is 37.1. The number of allylic oxidation sites excluding steroid dienone is 1. The van der Waals surface area contributed by atoms with Crippen LogP contribution in [0.5, 0.6) is 0 Å². The molecule has 0 N–H and O–H groups in total. The fourth-order valence-corrected chi connectivity index (χ4v) is 11.5. The predicted octanol–water partition coefficient (Wildman–Crippen LogP) is 6.03. The van der Waals surface area contributed by atoms with Gasteiger partial charge in [0.2, 0.25) is 11.6 Å². The maximum absolute atomic E-state index is 14.2. The topological polar surface area (TPSA) is 139 Å². The van der Waals surface area contributed by atoms with E-state index in [-0.39, 0.29) is 37.1 Å². The van der Waals surface area contributed by atoms with Crippen molar-refractivity contribution >= 4 is 35.3 Å². The molecule has 51 heavy (non-hydrogen) atoms. The zero-order chi connectivity index (χ0) is 37.5. The Morgan fingerprint density at radius 1 is 0.784 bits per heavy atom. The maximum Gasteiger partial charge on any atom is 0.338 e. The van der Waals surface area contributed by atoms with Crippen molar-refractivity contribution < 1.29 is 47.7 Å². The largest absolute Gasteiger partial charge is 0.462 e. The number of rotatable bonds is 5. The van der Waals surface area contributed by atoms with Gasteiger partial charge in [0.25, 0.3) is 0 Å². The van der Waals surface area contributed by atoms with Gasteiger partial charge in [-0.05, 0) is 68.6 Å². The summed E-state index contributed by atoms with van der Waals surface area (Å²) in [7, 11) is 0. The summed E-state index contributed by atoms with van der Waals surface area (Å²) in [6.45, 7) is 16.5. The van der Waals surface area contributed by atoms with E-state index in [4.69, 9.17) is 18.9 Å². The summed E-state index contributed by atoms with van der Waals surface area (Å²) >= 11 is 0. The lowest BCUT2D eigenvalue weighted by atomic mass is 9.36. The Labute approximate surface area is 300 Å². The van der Waals surface area contributed by atoms with E-state index in [1.54, 1.807) is 44.2 Å². The van der Waals surface area contributed by atoms with E-state index in [0.29, 0.717) is 24.8 Å². The van der Waals surface area contributed by atoms with Gasteiger partial charge in [0.15, 0.2) is 5.78 Å². The lowest BCUT2D eigenvalue weighted by Gasteiger charge is -2.69. The molecule has 3 saturated carbocycles. The number of benzene rings is 1. The first-order chi connectivity index (χ1) is 23.7. The number of ketones is 3. The quantitative estimate of drug-likeness (QED) is 0.203. The van der Waals surface area contributed by atoms with E-state index < -0.39 is 86.9 Å². The number of ether oxygens (including phenoxy) is 4. The second-order valence-corrected chi connectivity index (χ2v) is 17.4. The SMILES string of the molecule is CC(=O)O[C@H]1C[C@@H](OC(=O)c2ccccc2)C(C)(C)[C@@H]2C[C@@H](OC(C)=O)[C@@]3(C)C4=CC(=O)[C@@H]([C@H]5COC(C)(C)C(=O)C(=O)C5)[C@]4(C)CC[C@@H]3[C@@]12C. The summed E-state index contributed by atoms with van der Waals surface area (Å²) in [5.41, 5.74) is -2.83. The standard InChI is InChI=1S/C41H52O10/c1-22(42)49-32-19-29-37(3,4)31(51-36(47)24-13-11-10-12-14-24)20-33(50-23(2)43)40(29,8)28-15-16-39(7)30(41(28,32)9)18-26(44)34(39)25-17-27(45)35(46)38(5,6)48-21-25/h10-14,18,25,28-29,31-34H,15-17,19-21H2,1-9H3/t25-,28-,29+,31-,32-,33+,34-,39-,40-,41-/m1/s1. The van der Waals surface area contributed by atoms with E-state index in [1.807, 2.05) is 6.07 Å². The average molecular weight is 705 g/mol. The zero-order valence-electron chi connectivity index (χ0n) is 31.3. The number of hydrogen-bond acceptors (Lipinski definition) is 10. The third kappa shape index (κ3) is 5.71. The van der Waals surface area contributed by atoms with Crippen molar-refractivity contribution in [1.29, 1.82) is 0 Å². The normalized spacial score (nSPS) is 39.7. The van der Waals surface area contributed by atoms with Gasteiger partial charge in [-0.1, -0.05) is 58.4 Å². The van der Waals surface area contributed by atoms with Crippen LogP contribution in [0.3, 0.4) is 0 Å². The molecule has 1 aromatic rings. The molecule has 5 aliphatic rings. The lowest BCUT2D eigenvalue weighted by molar-refractivity contribution is -0.259. The summed E-state index contributed by atoms with van der Waals surface area (Å²) < 4.78 is 24.7. The van der Waals surface area contributed by atoms with Crippen LogP contribution in [-0.4, -0.2) is 65.8 Å². The van der Waals surface area contributed by atoms with E-state index in [9.17, 15) is 28.8 Å². The summed E-state index contributed by atoms with van der Waals surface area (Å²) in [6, 6.07) is 8.78. The number of carbonyl (C=O) groups is 6. The van der Waals surface area contributed by atoms with Crippen LogP contribution in [0.1, 0.15) is 105 Å². The minimum absolute atomic E-state index is 0.0749. The highest BCUT2D eigenvalue weighted by Gasteiger charge is 2.73. The molecular weight excluding hydrogens is 652 g/mol. The summed E-state index contributed by atoms with van der Waals surface area (Å²) in [5, 5.41) is 0. The van der Waals surface area contributed by atoms with E-state index in [1.165, 1.54) is 13.8 Å². The second kappa shape index (κ2) is 12.5. The Kier molecular flexibility index (Phi) is 9.09. The molecule has 0 amide bonds. The van der Waals surface area contributed by atoms with Gasteiger partial charge in [-0.25, -0.2) is 4.79 Å². The third-order valence-electron chi connectivity index (χ3n) is 13.9. The van der Waals surface area contributed by atoms with Gasteiger partial charge in [0, 0.05) is 54.8 Å². The molecule has 1 aliphatic heterocycles. The van der Waals surface area contributed by atoms with Crippen LogP contribution in [0.2, 0.25) is 0 Å². The molecule has 6 rings (SSSR count). The highest BCUT2D eigenvalue weighted by molar-refractivity contribution is 6.40. The predicted molar refractivity (Wildman–Crippen MR) is 185 cm³/mol. The van der Waals surface area contributed by atoms with Gasteiger partial charge in [0.1, 0.15) is 23.9 Å². The molecule has 1 aromatic carbocycles. The smallest absolute Gasteiger partial charge is 0.338 e. The lowest BCUT2D eigenvalue weighted by Crippen LogP contribution is -2.70. The number of esters is 3. The average Bonchev–Trinajstić information content (AvgIpc) is 3.27. The molecule has 10 nitrogen and oxygen atoms in total. The highest BCUT2D eigenvalue weighted by Crippen LogP contribution is 2.74. The highest BCUT2D eigenvalue weighted by atomic mass is 16.6. The van der Waals surface area contributed by atoms with Crippen molar-refractivity contribution in [2.75, 3.05) is 6.61 Å². The van der Waals surface area contributed by atoms with Crippen molar-refractivity contribution in [3.05, 3.63) is 47.5 Å². The number of hydrogen-bond donors (Lipinski definition) is 0. The first-order valence-corrected chi connectivity index (χ1v) is 18.3. The Morgan fingerprint density at radius 3 is 2.04 bits per heavy atom. The number of fused-ring (bicyclic) bond motifs is 5. The summed E-state index contributed by atoms with van der Waals surface area (Å²) in [4.78, 5) is 79.3. The van der Waals surface area contributed by atoms with Crippen LogP contribution in [0.4, 0.5) is 0 Å². The molecule has 0 aromatic heterocycles. The molecule has 1 saturated heterocycles. The van der Waals surface area contributed by atoms with Crippen molar-refractivity contribution in [3.63, 3.8) is 0 Å². The van der Waals surface area contributed by atoms with E-state index >= 15 is 0 Å². The van der Waals surface area contributed by atoms with Gasteiger partial charge in [-0.15, -0.1) is 0 Å². The van der Waals surface area contributed by atoms with Crippen LogP contribution in [0.25, 0.3) is 0 Å². The Balaban J connectivity index is 1.42. The monoisotopic (exact) mass is 704 g/mol. The van der Waals surface area contributed by atoms with Crippen molar-refractivity contribution in [2.45, 2.75) is 118 Å². The molecule has 0 unspecified atom stereocenters. The molecule has 276 valence electrons. The van der Waals surface area contributed by atoms with Gasteiger partial charge >= 0.3 is 17.9 Å². The molecule has 0 radical (unpaired) electrons. The Hall–Kier alpha value is -3.66. The summed E-state index contributed by atoms with van der Waals surface area (Å²) in [5.74, 6) is -4.13. The number of Topliss-reactive ketones (excluding diaryl/α,β-unsaturated/α-hetero) is 2. The van der Waals surface area contributed by atoms with Gasteiger partial charge in [0.05, 0.1) is 12.2 Å². The molecule has 10 heteroatoms. The maximum atomic E-state index is 14.2. The van der Waals surface area contributed by atoms with Crippen molar-refractivity contribution in [2.24, 2.45) is 45.3 Å². The van der Waals surface area contributed by atoms with Crippen LogP contribution in [0.15, 0.2) is 42.0 Å². The zero-order valence-corrected chi connectivity index (χ0v) is 31.3. The minimum Gasteiger partial charge on any atom is -0.462 e. The molecule has 1 heterocycles. The second-order valence-electron chi connectivity index (χ2n) is 17.4. The first-order valence-electron chi connectivity index (χ1n) is 18.3. The van der Waals surface area contributed by atoms with Gasteiger partial charge in [-0.2, -0.15) is 0 Å². The Bertz CT molecular complexity index is 1690. The van der Waals surface area contributed by atoms with Gasteiger partial charge in [-0.3, -0.25) is 24.0 Å². The molecule has 0 bridgehead atoms. The van der Waals surface area contributed by atoms with Crippen LogP contribution >= 0.6 is 0 Å². The van der Waals surface area contributed by atoms with E-state index in [0.717, 1.165) is 5.57 Å². The van der Waals surface area contributed by atoms with E-state index in [2.05, 4.69) is 34.6 Å². The molecule has 4 fully saturated rings. The molecule has 10 atom stereocenters. The van der Waals surface area contributed by atoms with Crippen LogP contribution in [-0.2, 0) is 42.9 Å². The molecule has 0 spiro atoms. The third-order valence-corrected chi connectivity index (χ3v) is 13.9. The van der Waals surface area contributed by atoms with Gasteiger partial charge < -0.3 is 18.9 Å². The Morgan fingerprint density at radius 2 is 1.41 bits per heavy atom. The van der Waals surface area contributed by atoms with Crippen LogP contribution < -0.4 is 0 Å². The fraction of sp³-hybridized carbons (Fsp3) is 0.659. The minimum atomic E-state index is -1.27. The van der Waals surface area contributed by atoms with Crippen LogP contribution in [0, 0.1) is 45.3 Å². The fourth-order valence-electron chi connectivity index (χ4n) is 11.5.